The first-order chi connectivity index (χ1) is 11.2. The lowest BCUT2D eigenvalue weighted by atomic mass is 9.87. The Kier molecular flexibility index (Phi) is 5.66. The minimum absolute atomic E-state index is 0.0627. The highest BCUT2D eigenvalue weighted by Gasteiger charge is 2.35. The Labute approximate surface area is 145 Å². The first kappa shape index (κ1) is 18.5. The summed E-state index contributed by atoms with van der Waals surface area (Å²) in [5.74, 6) is -0.0627. The van der Waals surface area contributed by atoms with Gasteiger partial charge < -0.3 is 5.32 Å². The summed E-state index contributed by atoms with van der Waals surface area (Å²) in [4.78, 5) is 14.2. The molecular formula is C20H29N3O. The van der Waals surface area contributed by atoms with Gasteiger partial charge in [-0.05, 0) is 49.3 Å². The van der Waals surface area contributed by atoms with E-state index in [0.29, 0.717) is 6.54 Å². The Balaban J connectivity index is 1.87. The molecule has 0 atom stereocenters. The summed E-state index contributed by atoms with van der Waals surface area (Å²) in [6.45, 7) is 7.63. The van der Waals surface area contributed by atoms with E-state index < -0.39 is 5.54 Å². The van der Waals surface area contributed by atoms with Crippen molar-refractivity contribution in [3.8, 4) is 6.07 Å². The molecule has 0 spiro atoms. The number of benzene rings is 1. The third-order valence-corrected chi connectivity index (χ3v) is 4.74. The molecule has 4 nitrogen and oxygen atoms in total. The van der Waals surface area contributed by atoms with E-state index in [1.807, 2.05) is 11.9 Å². The maximum Gasteiger partial charge on any atom is 0.235 e. The Morgan fingerprint density at radius 1 is 1.25 bits per heavy atom. The van der Waals surface area contributed by atoms with E-state index in [9.17, 15) is 10.1 Å². The molecule has 1 fully saturated rings. The summed E-state index contributed by atoms with van der Waals surface area (Å²) >= 11 is 0. The first-order valence-corrected chi connectivity index (χ1v) is 8.74. The number of hydrogen-bond acceptors (Lipinski definition) is 3. The van der Waals surface area contributed by atoms with Gasteiger partial charge in [-0.1, -0.05) is 45.0 Å². The van der Waals surface area contributed by atoms with Gasteiger partial charge in [0.05, 0.1) is 12.6 Å². The summed E-state index contributed by atoms with van der Waals surface area (Å²) in [5, 5.41) is 12.3. The largest absolute Gasteiger partial charge is 0.337 e. The highest BCUT2D eigenvalue weighted by Crippen LogP contribution is 2.28. The summed E-state index contributed by atoms with van der Waals surface area (Å²) in [6.07, 6.45) is 3.58. The normalized spacial score (nSPS) is 16.8. The van der Waals surface area contributed by atoms with Crippen molar-refractivity contribution in [1.29, 1.82) is 5.26 Å². The van der Waals surface area contributed by atoms with Gasteiger partial charge >= 0.3 is 0 Å². The van der Waals surface area contributed by atoms with E-state index >= 15 is 0 Å². The zero-order valence-corrected chi connectivity index (χ0v) is 15.4. The summed E-state index contributed by atoms with van der Waals surface area (Å²) in [6, 6.07) is 10.9. The second kappa shape index (κ2) is 7.36. The van der Waals surface area contributed by atoms with Crippen LogP contribution in [0, 0.1) is 11.3 Å². The zero-order chi connectivity index (χ0) is 17.8. The van der Waals surface area contributed by atoms with Crippen molar-refractivity contribution in [3.05, 3.63) is 35.4 Å². The van der Waals surface area contributed by atoms with Crippen LogP contribution in [0.4, 0.5) is 0 Å². The van der Waals surface area contributed by atoms with Crippen molar-refractivity contribution >= 4 is 5.91 Å². The molecule has 0 aliphatic heterocycles. The monoisotopic (exact) mass is 327 g/mol. The van der Waals surface area contributed by atoms with Gasteiger partial charge in [0.1, 0.15) is 5.54 Å². The fourth-order valence-corrected chi connectivity index (χ4v) is 3.27. The van der Waals surface area contributed by atoms with Crippen LogP contribution in [0.1, 0.15) is 57.6 Å². The van der Waals surface area contributed by atoms with E-state index in [0.717, 1.165) is 32.2 Å². The van der Waals surface area contributed by atoms with E-state index in [1.165, 1.54) is 11.1 Å². The van der Waals surface area contributed by atoms with E-state index in [-0.39, 0.29) is 11.3 Å². The molecule has 1 aliphatic rings. The number of nitrogens with one attached hydrogen (secondary N) is 1. The van der Waals surface area contributed by atoms with Crippen molar-refractivity contribution in [2.45, 2.75) is 64.0 Å². The van der Waals surface area contributed by atoms with Gasteiger partial charge in [-0.25, -0.2) is 0 Å². The topological polar surface area (TPSA) is 56.1 Å². The smallest absolute Gasteiger partial charge is 0.235 e. The quantitative estimate of drug-likeness (QED) is 0.902. The summed E-state index contributed by atoms with van der Waals surface area (Å²) < 4.78 is 0. The van der Waals surface area contributed by atoms with Gasteiger partial charge in [-0.2, -0.15) is 5.26 Å². The van der Waals surface area contributed by atoms with Crippen LogP contribution in [0.2, 0.25) is 0 Å². The lowest BCUT2D eigenvalue weighted by Crippen LogP contribution is -2.48. The lowest BCUT2D eigenvalue weighted by molar-refractivity contribution is -0.123. The second-order valence-corrected chi connectivity index (χ2v) is 8.07. The number of hydrogen-bond donors (Lipinski definition) is 1. The molecule has 2 rings (SSSR count). The number of amides is 1. The van der Waals surface area contributed by atoms with Crippen LogP contribution in [0.25, 0.3) is 0 Å². The molecule has 1 aliphatic carbocycles. The molecule has 0 aromatic heterocycles. The number of nitriles is 1. The van der Waals surface area contributed by atoms with Crippen LogP contribution in [0.15, 0.2) is 24.3 Å². The standard InChI is InChI=1S/C20H29N3O/c1-19(2,3)17-9-7-16(8-10-17)13-23(4)14-18(24)22-20(15-21)11-5-6-12-20/h7-10H,5-6,11-14H2,1-4H3,(H,22,24). The van der Waals surface area contributed by atoms with E-state index in [1.54, 1.807) is 0 Å². The molecule has 1 amide bonds. The fourth-order valence-electron chi connectivity index (χ4n) is 3.27. The van der Waals surface area contributed by atoms with Crippen molar-refractivity contribution in [2.75, 3.05) is 13.6 Å². The van der Waals surface area contributed by atoms with E-state index in [4.69, 9.17) is 0 Å². The Bertz CT molecular complexity index is 601. The van der Waals surface area contributed by atoms with Crippen molar-refractivity contribution in [1.82, 2.24) is 10.2 Å². The van der Waals surface area contributed by atoms with Gasteiger partial charge in [0, 0.05) is 6.54 Å². The van der Waals surface area contributed by atoms with Gasteiger partial charge in [0.25, 0.3) is 0 Å². The summed E-state index contributed by atoms with van der Waals surface area (Å²) in [7, 11) is 1.94. The molecule has 1 aromatic rings. The second-order valence-electron chi connectivity index (χ2n) is 8.07. The van der Waals surface area contributed by atoms with Gasteiger partial charge in [0.15, 0.2) is 0 Å². The van der Waals surface area contributed by atoms with Crippen LogP contribution in [-0.4, -0.2) is 29.9 Å². The van der Waals surface area contributed by atoms with Crippen molar-refractivity contribution in [2.24, 2.45) is 0 Å². The average molecular weight is 327 g/mol. The van der Waals surface area contributed by atoms with Crippen LogP contribution >= 0.6 is 0 Å². The summed E-state index contributed by atoms with van der Waals surface area (Å²) in [5.41, 5.74) is 2.02. The minimum atomic E-state index is -0.633. The van der Waals surface area contributed by atoms with Crippen molar-refractivity contribution in [3.63, 3.8) is 0 Å². The highest BCUT2D eigenvalue weighted by atomic mass is 16.2. The molecule has 0 heterocycles. The molecule has 0 radical (unpaired) electrons. The van der Waals surface area contributed by atoms with E-state index in [2.05, 4.69) is 56.4 Å². The number of carbonyl (C=O) groups is 1. The van der Waals surface area contributed by atoms with Gasteiger partial charge in [-0.15, -0.1) is 0 Å². The molecule has 4 heteroatoms. The first-order valence-electron chi connectivity index (χ1n) is 8.74. The van der Waals surface area contributed by atoms with Crippen LogP contribution in [0.5, 0.6) is 0 Å². The number of nitrogens with zero attached hydrogens (tertiary/aromatic N) is 2. The maximum atomic E-state index is 12.2. The minimum Gasteiger partial charge on any atom is -0.337 e. The Hall–Kier alpha value is -1.86. The zero-order valence-electron chi connectivity index (χ0n) is 15.4. The molecular weight excluding hydrogens is 298 g/mol. The molecule has 0 saturated heterocycles. The number of likely N-dealkylation sites (N-methyl/N-ethyl adjacent to an activating group) is 1. The highest BCUT2D eigenvalue weighted by molar-refractivity contribution is 5.79. The number of rotatable bonds is 5. The predicted octanol–water partition coefficient (Wildman–Crippen LogP) is 3.37. The van der Waals surface area contributed by atoms with Gasteiger partial charge in [0.2, 0.25) is 5.91 Å². The SMILES string of the molecule is CN(CC(=O)NC1(C#N)CCCC1)Cc1ccc(C(C)(C)C)cc1. The maximum absolute atomic E-state index is 12.2. The molecule has 1 N–H and O–H groups in total. The van der Waals surface area contributed by atoms with Crippen LogP contribution in [-0.2, 0) is 16.8 Å². The lowest BCUT2D eigenvalue weighted by Gasteiger charge is -2.24. The Morgan fingerprint density at radius 3 is 2.33 bits per heavy atom. The van der Waals surface area contributed by atoms with Crippen LogP contribution < -0.4 is 5.32 Å². The third kappa shape index (κ3) is 4.82. The predicted molar refractivity (Wildman–Crippen MR) is 96.4 cm³/mol. The molecule has 0 bridgehead atoms. The molecule has 1 aromatic carbocycles. The fraction of sp³-hybridized carbons (Fsp3) is 0.600. The van der Waals surface area contributed by atoms with Gasteiger partial charge in [-0.3, -0.25) is 9.69 Å². The van der Waals surface area contributed by atoms with Crippen LogP contribution in [0.3, 0.4) is 0 Å². The third-order valence-electron chi connectivity index (χ3n) is 4.74. The molecule has 130 valence electrons. The molecule has 0 unspecified atom stereocenters. The molecule has 24 heavy (non-hydrogen) atoms. The number of carbonyl (C=O) groups excluding carboxylic acids is 1. The molecule has 1 saturated carbocycles. The van der Waals surface area contributed by atoms with Crippen molar-refractivity contribution < 1.29 is 4.79 Å². The average Bonchev–Trinajstić information content (AvgIpc) is 2.95. The Morgan fingerprint density at radius 2 is 1.83 bits per heavy atom.